The first kappa shape index (κ1) is 109. The predicted molar refractivity (Wildman–Crippen MR) is 581 cm³/mol. The van der Waals surface area contributed by atoms with Crippen molar-refractivity contribution in [3.8, 4) is 23.0 Å². The van der Waals surface area contributed by atoms with Gasteiger partial charge in [-0.05, 0) is 278 Å². The van der Waals surface area contributed by atoms with E-state index in [-0.39, 0.29) is 48.1 Å². The zero-order valence-electron chi connectivity index (χ0n) is 82.7. The zero-order chi connectivity index (χ0) is 101. The molecule has 7 aliphatic rings. The van der Waals surface area contributed by atoms with Crippen LogP contribution in [0.15, 0.2) is 309 Å². The van der Waals surface area contributed by atoms with Crippen LogP contribution in [0.5, 0.6) is 23.0 Å². The van der Waals surface area contributed by atoms with Crippen LogP contribution in [-0.4, -0.2) is 187 Å². The number of halogens is 8. The Kier molecular flexibility index (Phi) is 43.1. The molecule has 12 aromatic carbocycles. The number of nitrogens with zero attached hydrogens (tertiary/aromatic N) is 6. The Morgan fingerprint density at radius 1 is 0.345 bits per heavy atom. The molecule has 0 bridgehead atoms. The molecule has 7 aliphatic heterocycles. The van der Waals surface area contributed by atoms with Gasteiger partial charge in [-0.3, -0.25) is 14.5 Å². The molecular formula is C120H137Cl5F3N9O8. The summed E-state index contributed by atoms with van der Waals surface area (Å²) in [7, 11) is 0. The molecule has 0 saturated carbocycles. The smallest absolute Gasteiger partial charge is 0.236 e. The van der Waals surface area contributed by atoms with E-state index in [1.807, 2.05) is 125 Å². The maximum absolute atomic E-state index is 13.8. The lowest BCUT2D eigenvalue weighted by molar-refractivity contribution is -0.133. The highest BCUT2D eigenvalue weighted by atomic mass is 35.5. The maximum Gasteiger partial charge on any atom is 0.236 e. The van der Waals surface area contributed by atoms with Crippen LogP contribution in [0.1, 0.15) is 140 Å². The average molecular weight is 2070 g/mol. The fourth-order valence-electron chi connectivity index (χ4n) is 20.9. The predicted octanol–water partition coefficient (Wildman–Crippen LogP) is 25.0. The first-order valence-electron chi connectivity index (χ1n) is 51.6. The number of nitrogens with one attached hydrogen (secondary N) is 3. The minimum Gasteiger partial charge on any atom is -0.493 e. The Hall–Kier alpha value is -10.7. The first-order chi connectivity index (χ1) is 70.9. The Bertz CT molecular complexity index is 5840. The molecular weight excluding hydrogens is 1930 g/mol. The van der Waals surface area contributed by atoms with E-state index >= 15 is 0 Å². The second-order valence-electron chi connectivity index (χ2n) is 38.6. The number of hydrogen-bond donors (Lipinski definition) is 4. The van der Waals surface area contributed by atoms with E-state index in [0.717, 1.165) is 194 Å². The molecule has 12 aromatic rings. The molecule has 19 rings (SSSR count). The number of amides is 2. The van der Waals surface area contributed by atoms with Gasteiger partial charge in [-0.1, -0.05) is 252 Å². The minimum atomic E-state index is -0.300. The molecule has 0 radical (unpaired) electrons. The van der Waals surface area contributed by atoms with E-state index < -0.39 is 0 Å². The normalized spacial score (nSPS) is 17.4. The summed E-state index contributed by atoms with van der Waals surface area (Å²) in [5, 5.41) is 22.9. The SMILES string of the molecule is Clc1ccc(COCC(c2ccccc2)C2CCNCC2)cc1Cl.Clc1ccc(OCC(c2ccccc2)C2CCNCC2)cc1Cl.Fc1ccc(OCC(c2ccccc2)C2CCNCC2)cc1.O=C(CCN1CCC(C(Oc2cccc(F)c2)c2ccccc2)CC1)N1CCN(c2ccccc2CO)CC1.O=C(CN1CCC(C(Oc2cccc(F)c2)c2ccccc2)CC1)N1CCN(c2cccc(Cl)c2)CC1. The summed E-state index contributed by atoms with van der Waals surface area (Å²) < 4.78 is 71.3. The highest BCUT2D eigenvalue weighted by molar-refractivity contribution is 6.42. The fourth-order valence-corrected chi connectivity index (χ4v) is 21.7. The van der Waals surface area contributed by atoms with Gasteiger partial charge in [0.2, 0.25) is 11.8 Å². The van der Waals surface area contributed by atoms with Gasteiger partial charge in [0.1, 0.15) is 52.7 Å². The Morgan fingerprint density at radius 3 is 1.22 bits per heavy atom. The summed E-state index contributed by atoms with van der Waals surface area (Å²) in [5.41, 5.74) is 10.4. The molecule has 0 aliphatic carbocycles. The van der Waals surface area contributed by atoms with Crippen molar-refractivity contribution in [2.24, 2.45) is 29.6 Å². The number of para-hydroxylation sites is 1. The zero-order valence-corrected chi connectivity index (χ0v) is 86.5. The molecule has 17 nitrogen and oxygen atoms in total. The number of likely N-dealkylation sites (tertiary alicyclic amines) is 2. The number of carbonyl (C=O) groups excluding carboxylic acids is 2. The van der Waals surface area contributed by atoms with Crippen LogP contribution in [0.3, 0.4) is 0 Å². The van der Waals surface area contributed by atoms with Gasteiger partial charge in [-0.15, -0.1) is 0 Å². The topological polar surface area (TPSA) is 156 Å². The third-order valence-electron chi connectivity index (χ3n) is 29.1. The van der Waals surface area contributed by atoms with E-state index in [1.165, 1.54) is 91.6 Å². The molecule has 4 N–H and O–H groups in total. The maximum atomic E-state index is 13.8. The van der Waals surface area contributed by atoms with Crippen molar-refractivity contribution in [1.29, 1.82) is 0 Å². The lowest BCUT2D eigenvalue weighted by Crippen LogP contribution is -2.52. The van der Waals surface area contributed by atoms with Crippen LogP contribution in [0, 0.1) is 47.0 Å². The number of piperidine rings is 5. The van der Waals surface area contributed by atoms with Gasteiger partial charge >= 0.3 is 0 Å². The number of hydrogen-bond acceptors (Lipinski definition) is 15. The molecule has 7 heterocycles. The van der Waals surface area contributed by atoms with Crippen molar-refractivity contribution in [3.63, 3.8) is 0 Å². The number of carbonyl (C=O) groups is 2. The van der Waals surface area contributed by atoms with Crippen LogP contribution in [0.4, 0.5) is 24.5 Å². The molecule has 0 spiro atoms. The average Bonchev–Trinajstić information content (AvgIpc) is 0.824. The number of benzene rings is 12. The van der Waals surface area contributed by atoms with Crippen molar-refractivity contribution in [2.45, 2.75) is 114 Å². The first-order valence-corrected chi connectivity index (χ1v) is 53.5. The minimum absolute atomic E-state index is 0.0229. The Balaban J connectivity index is 0.000000139. The molecule has 7 fully saturated rings. The molecule has 766 valence electrons. The quantitative estimate of drug-likeness (QED) is 0.0316. The summed E-state index contributed by atoms with van der Waals surface area (Å²) in [6.45, 7) is 19.9. The molecule has 7 saturated heterocycles. The number of ether oxygens (including phenoxy) is 5. The third kappa shape index (κ3) is 33.7. The number of piperazine rings is 2. The lowest BCUT2D eigenvalue weighted by Gasteiger charge is -2.39. The molecule has 5 atom stereocenters. The van der Waals surface area contributed by atoms with E-state index in [0.29, 0.717) is 125 Å². The van der Waals surface area contributed by atoms with Gasteiger partial charge in [-0.2, -0.15) is 0 Å². The van der Waals surface area contributed by atoms with Gasteiger partial charge in [0.05, 0.1) is 59.7 Å². The summed E-state index contributed by atoms with van der Waals surface area (Å²) in [5.74, 6) is 5.95. The number of aliphatic hydroxyl groups excluding tert-OH is 1. The highest BCUT2D eigenvalue weighted by Crippen LogP contribution is 2.41. The van der Waals surface area contributed by atoms with Crippen molar-refractivity contribution in [3.05, 3.63) is 391 Å². The van der Waals surface area contributed by atoms with Gasteiger partial charge in [0.25, 0.3) is 0 Å². The number of rotatable bonds is 32. The summed E-state index contributed by atoms with van der Waals surface area (Å²) in [4.78, 5) is 39.2. The summed E-state index contributed by atoms with van der Waals surface area (Å²) in [6, 6.07) is 98.2. The van der Waals surface area contributed by atoms with Crippen molar-refractivity contribution in [2.75, 3.05) is 161 Å². The van der Waals surface area contributed by atoms with E-state index in [2.05, 4.69) is 151 Å². The number of anilines is 2. The summed E-state index contributed by atoms with van der Waals surface area (Å²) >= 11 is 30.2. The Morgan fingerprint density at radius 2 is 0.759 bits per heavy atom. The highest BCUT2D eigenvalue weighted by Gasteiger charge is 2.36. The molecule has 145 heavy (non-hydrogen) atoms. The lowest BCUT2D eigenvalue weighted by atomic mass is 9.81. The van der Waals surface area contributed by atoms with Gasteiger partial charge in [0.15, 0.2) is 0 Å². The molecule has 5 unspecified atom stereocenters. The third-order valence-corrected chi connectivity index (χ3v) is 30.8. The van der Waals surface area contributed by atoms with Gasteiger partial charge in [0, 0.05) is 135 Å². The fraction of sp³-hybridized carbons (Fsp3) is 0.383. The van der Waals surface area contributed by atoms with Crippen LogP contribution in [0.25, 0.3) is 0 Å². The molecule has 0 aromatic heterocycles. The number of aliphatic hydroxyl groups is 1. The van der Waals surface area contributed by atoms with Crippen molar-refractivity contribution in [1.82, 2.24) is 35.6 Å². The second kappa shape index (κ2) is 57.6. The second-order valence-corrected chi connectivity index (χ2v) is 40.7. The standard InChI is InChI=1S/C32H38FN3O3.C30H33ClFN3O2.C20H23Cl2NO.C19H21Cl2NO.C19H22FNO/c33-28-10-6-11-29(23-28)39-32(25-7-2-1-3-8-25)26-13-16-34(17-14-26)18-15-31(38)36-21-19-35(20-22-36)30-12-5-4-9-27(30)24-37;31-25-8-4-10-27(20-25)34-16-18-35(19-17-34)29(36)22-33-14-12-24(13-15-33)30(23-6-2-1-3-7-23)37-28-11-5-9-26(32)21-28;21-19-7-6-15(12-20(19)22)13-24-14-18(16-4-2-1-3-5-16)17-8-10-23-11-9-17;20-18-7-6-16(12-19(18)21)23-13-17(14-4-2-1-3-5-14)15-8-10-22-11-9-15;20-17-6-8-18(9-7-17)22-14-19(15-4-2-1-3-5-15)16-10-12-21-13-11-16/h1-12,23,26,32,37H,13-22,24H2;1-11,20-21,24,30H,12-19,22H2;1-7,12,17-18,23H,8-11,13-14H2;1-7,12,15,17,22H,8-11,13H2;1-9,16,19,21H,10-14H2. The van der Waals surface area contributed by atoms with Crippen molar-refractivity contribution >= 4 is 81.2 Å². The van der Waals surface area contributed by atoms with Crippen molar-refractivity contribution < 1.29 is 51.6 Å². The largest absolute Gasteiger partial charge is 0.493 e. The molecule has 25 heteroatoms. The van der Waals surface area contributed by atoms with Crippen LogP contribution in [-0.2, 0) is 27.5 Å². The Labute approximate surface area is 879 Å². The van der Waals surface area contributed by atoms with Gasteiger partial charge in [-0.25, -0.2) is 13.2 Å². The van der Waals surface area contributed by atoms with Crippen LogP contribution in [0.2, 0.25) is 25.1 Å². The summed E-state index contributed by atoms with van der Waals surface area (Å²) in [6.07, 6.45) is 11.1. The van der Waals surface area contributed by atoms with Gasteiger partial charge < -0.3 is 69.2 Å². The van der Waals surface area contributed by atoms with Crippen LogP contribution >= 0.6 is 58.0 Å². The van der Waals surface area contributed by atoms with E-state index in [9.17, 15) is 27.9 Å². The van der Waals surface area contributed by atoms with Crippen LogP contribution < -0.4 is 44.7 Å². The molecule has 2 amide bonds. The van der Waals surface area contributed by atoms with E-state index in [4.69, 9.17) is 81.7 Å². The van der Waals surface area contributed by atoms with E-state index in [1.54, 1.807) is 42.5 Å². The monoisotopic (exact) mass is 2060 g/mol.